The molecular formula is C24H18F3NOS. The fourth-order valence-corrected chi connectivity index (χ4v) is 5.03. The van der Waals surface area contributed by atoms with Crippen molar-refractivity contribution in [3.05, 3.63) is 131 Å². The molecule has 0 bridgehead atoms. The van der Waals surface area contributed by atoms with Gasteiger partial charge in [0.25, 0.3) is 0 Å². The molecule has 30 heavy (non-hydrogen) atoms. The van der Waals surface area contributed by atoms with E-state index in [2.05, 4.69) is 0 Å². The van der Waals surface area contributed by atoms with Crippen molar-refractivity contribution in [2.45, 2.75) is 10.1 Å². The second-order valence-electron chi connectivity index (χ2n) is 6.82. The van der Waals surface area contributed by atoms with E-state index in [4.69, 9.17) is 0 Å². The zero-order valence-electron chi connectivity index (χ0n) is 15.8. The third kappa shape index (κ3) is 3.88. The Balaban J connectivity index is 1.97. The fraction of sp³-hybridized carbons (Fsp3) is 0.0833. The van der Waals surface area contributed by atoms with E-state index in [-0.39, 0.29) is 17.5 Å². The smallest absolute Gasteiger partial charge is 0.123 e. The lowest BCUT2D eigenvalue weighted by Crippen LogP contribution is -2.34. The molecule has 0 spiro atoms. The van der Waals surface area contributed by atoms with Gasteiger partial charge in [0.1, 0.15) is 22.8 Å². The highest BCUT2D eigenvalue weighted by molar-refractivity contribution is 8.01. The van der Waals surface area contributed by atoms with Crippen molar-refractivity contribution in [2.24, 2.45) is 0 Å². The molecule has 3 aromatic rings. The lowest BCUT2D eigenvalue weighted by Gasteiger charge is -2.39. The van der Waals surface area contributed by atoms with Gasteiger partial charge in [0.05, 0.1) is 4.75 Å². The van der Waals surface area contributed by atoms with Gasteiger partial charge in [0.2, 0.25) is 0 Å². The van der Waals surface area contributed by atoms with Crippen molar-refractivity contribution >= 4 is 11.8 Å². The summed E-state index contributed by atoms with van der Waals surface area (Å²) in [5, 5.41) is 11.0. The molecule has 0 aliphatic carbocycles. The average molecular weight is 425 g/mol. The van der Waals surface area contributed by atoms with E-state index in [1.807, 2.05) is 12.2 Å². The van der Waals surface area contributed by atoms with Gasteiger partial charge in [-0.3, -0.25) is 5.21 Å². The summed E-state index contributed by atoms with van der Waals surface area (Å²) >= 11 is 1.37. The first kappa shape index (κ1) is 20.3. The SMILES string of the molecule is ON1C=CC=CC1SC(c1ccc(F)cc1)(c1ccc(F)cc1)c1ccc(F)cc1. The molecule has 2 nitrogen and oxygen atoms in total. The van der Waals surface area contributed by atoms with E-state index in [1.165, 1.54) is 54.4 Å². The minimum Gasteiger partial charge on any atom is -0.288 e. The summed E-state index contributed by atoms with van der Waals surface area (Å²) in [6.45, 7) is 0. The predicted octanol–water partition coefficient (Wildman–Crippen LogP) is 6.23. The van der Waals surface area contributed by atoms with Crippen LogP contribution in [0.5, 0.6) is 0 Å². The van der Waals surface area contributed by atoms with Gasteiger partial charge in [-0.1, -0.05) is 42.5 Å². The minimum absolute atomic E-state index is 0.389. The Morgan fingerprint density at radius 1 is 0.667 bits per heavy atom. The number of allylic oxidation sites excluding steroid dienone is 2. The van der Waals surface area contributed by atoms with Crippen LogP contribution < -0.4 is 0 Å². The first-order valence-corrected chi connectivity index (χ1v) is 10.2. The molecule has 1 atom stereocenters. The Bertz CT molecular complexity index is 952. The summed E-state index contributed by atoms with van der Waals surface area (Å²) in [6, 6.07) is 18.0. The molecule has 1 aliphatic heterocycles. The minimum atomic E-state index is -0.976. The van der Waals surface area contributed by atoms with Crippen LogP contribution >= 0.6 is 11.8 Å². The maximum absolute atomic E-state index is 13.7. The molecule has 0 aromatic heterocycles. The van der Waals surface area contributed by atoms with Gasteiger partial charge < -0.3 is 0 Å². The van der Waals surface area contributed by atoms with Gasteiger partial charge in [-0.2, -0.15) is 0 Å². The van der Waals surface area contributed by atoms with Crippen LogP contribution in [0, 0.1) is 17.5 Å². The zero-order chi connectivity index (χ0) is 21.1. The van der Waals surface area contributed by atoms with Crippen LogP contribution in [-0.4, -0.2) is 15.6 Å². The summed E-state index contributed by atoms with van der Waals surface area (Å²) in [4.78, 5) is 0. The maximum atomic E-state index is 13.7. The van der Waals surface area contributed by atoms with E-state index in [0.29, 0.717) is 16.7 Å². The van der Waals surface area contributed by atoms with Crippen LogP contribution in [0.15, 0.2) is 97.2 Å². The fourth-order valence-electron chi connectivity index (χ4n) is 3.50. The van der Waals surface area contributed by atoms with Gasteiger partial charge in [0.15, 0.2) is 0 Å². The van der Waals surface area contributed by atoms with Crippen LogP contribution in [0.4, 0.5) is 13.2 Å². The molecule has 1 N–H and O–H groups in total. The largest absolute Gasteiger partial charge is 0.288 e. The second kappa shape index (κ2) is 8.42. The highest BCUT2D eigenvalue weighted by Gasteiger charge is 2.40. The Hall–Kier alpha value is -2.96. The lowest BCUT2D eigenvalue weighted by atomic mass is 9.84. The summed E-state index contributed by atoms with van der Waals surface area (Å²) < 4.78 is 40.2. The molecule has 152 valence electrons. The van der Waals surface area contributed by atoms with Gasteiger partial charge in [-0.15, -0.1) is 11.8 Å². The van der Waals surface area contributed by atoms with Crippen molar-refractivity contribution in [3.63, 3.8) is 0 Å². The Kier molecular flexibility index (Phi) is 5.70. The molecule has 6 heteroatoms. The molecule has 1 unspecified atom stereocenters. The van der Waals surface area contributed by atoms with Crippen LogP contribution in [0.1, 0.15) is 16.7 Å². The second-order valence-corrected chi connectivity index (χ2v) is 8.15. The van der Waals surface area contributed by atoms with Gasteiger partial charge >= 0.3 is 0 Å². The molecular weight excluding hydrogens is 407 g/mol. The van der Waals surface area contributed by atoms with Crippen LogP contribution in [0.2, 0.25) is 0 Å². The molecule has 0 radical (unpaired) electrons. The van der Waals surface area contributed by atoms with Crippen LogP contribution in [-0.2, 0) is 4.75 Å². The third-order valence-electron chi connectivity index (χ3n) is 4.94. The van der Waals surface area contributed by atoms with Crippen molar-refractivity contribution in [1.29, 1.82) is 0 Å². The van der Waals surface area contributed by atoms with E-state index in [1.54, 1.807) is 42.5 Å². The molecule has 1 heterocycles. The molecule has 0 saturated carbocycles. The average Bonchev–Trinajstić information content (AvgIpc) is 2.75. The van der Waals surface area contributed by atoms with E-state index in [0.717, 1.165) is 5.06 Å². The Labute approximate surface area is 176 Å². The Morgan fingerprint density at radius 3 is 1.43 bits per heavy atom. The lowest BCUT2D eigenvalue weighted by molar-refractivity contribution is -0.0410. The third-order valence-corrected chi connectivity index (χ3v) is 6.61. The predicted molar refractivity (Wildman–Crippen MR) is 112 cm³/mol. The maximum Gasteiger partial charge on any atom is 0.123 e. The van der Waals surface area contributed by atoms with Gasteiger partial charge in [-0.05, 0) is 65.2 Å². The molecule has 0 saturated heterocycles. The van der Waals surface area contributed by atoms with Crippen LogP contribution in [0.25, 0.3) is 0 Å². The van der Waals surface area contributed by atoms with E-state index in [9.17, 15) is 18.4 Å². The number of hydroxylamine groups is 2. The number of nitrogens with zero attached hydrogens (tertiary/aromatic N) is 1. The number of rotatable bonds is 5. The van der Waals surface area contributed by atoms with Crippen molar-refractivity contribution in [2.75, 3.05) is 0 Å². The quantitative estimate of drug-likeness (QED) is 0.490. The summed E-state index contributed by atoms with van der Waals surface area (Å²) in [5.74, 6) is -1.17. The summed E-state index contributed by atoms with van der Waals surface area (Å²) in [5.41, 5.74) is 2.13. The standard InChI is InChI=1S/C24H18F3NOS/c25-20-10-4-17(5-11-20)24(18-6-12-21(26)13-7-18,19-8-14-22(27)15-9-19)30-23-3-1-2-16-28(23)29/h1-16,23,29H. The molecule has 3 aromatic carbocycles. The normalized spacial score (nSPS) is 16.1. The summed E-state index contributed by atoms with van der Waals surface area (Å²) in [7, 11) is 0. The van der Waals surface area contributed by atoms with Gasteiger partial charge in [-0.25, -0.2) is 18.2 Å². The molecule has 1 aliphatic rings. The van der Waals surface area contributed by atoms with Crippen molar-refractivity contribution < 1.29 is 18.4 Å². The highest BCUT2D eigenvalue weighted by Crippen LogP contribution is 2.51. The number of thioether (sulfide) groups is 1. The number of halogens is 3. The highest BCUT2D eigenvalue weighted by atomic mass is 32.2. The van der Waals surface area contributed by atoms with E-state index < -0.39 is 10.1 Å². The molecule has 0 fully saturated rings. The monoisotopic (exact) mass is 425 g/mol. The first-order valence-electron chi connectivity index (χ1n) is 9.27. The van der Waals surface area contributed by atoms with Gasteiger partial charge in [0, 0.05) is 6.20 Å². The van der Waals surface area contributed by atoms with Crippen molar-refractivity contribution in [3.8, 4) is 0 Å². The number of hydrogen-bond donors (Lipinski definition) is 1. The zero-order valence-corrected chi connectivity index (χ0v) is 16.6. The molecule has 0 amide bonds. The Morgan fingerprint density at radius 2 is 1.07 bits per heavy atom. The molecule has 4 rings (SSSR count). The first-order chi connectivity index (χ1) is 14.5. The topological polar surface area (TPSA) is 23.5 Å². The summed E-state index contributed by atoms with van der Waals surface area (Å²) in [6.07, 6.45) is 6.86. The number of benzene rings is 3. The number of hydrogen-bond acceptors (Lipinski definition) is 3. The van der Waals surface area contributed by atoms with E-state index >= 15 is 0 Å². The van der Waals surface area contributed by atoms with Crippen molar-refractivity contribution in [1.82, 2.24) is 5.06 Å². The van der Waals surface area contributed by atoms with Crippen LogP contribution in [0.3, 0.4) is 0 Å².